The molecule has 4 N–H and O–H groups in total. The molecule has 0 aliphatic heterocycles. The van der Waals surface area contributed by atoms with Crippen LogP contribution in [0.4, 0.5) is 0 Å². The highest BCUT2D eigenvalue weighted by Gasteiger charge is 2.39. The zero-order chi connectivity index (χ0) is 17.6. The molecule has 4 rings (SSSR count). The molecule has 126 valence electrons. The molecule has 0 radical (unpaired) electrons. The van der Waals surface area contributed by atoms with Crippen LogP contribution in [0.5, 0.6) is 5.75 Å². The number of aromatic nitrogens is 2. The molecule has 0 bridgehead atoms. The predicted octanol–water partition coefficient (Wildman–Crippen LogP) is 2.00. The first-order valence-corrected chi connectivity index (χ1v) is 7.82. The molecule has 0 spiro atoms. The summed E-state index contributed by atoms with van der Waals surface area (Å²) in [6.07, 6.45) is 1.73. The summed E-state index contributed by atoms with van der Waals surface area (Å²) in [7, 11) is 0. The number of benzene rings is 2. The average molecular weight is 337 g/mol. The fourth-order valence-corrected chi connectivity index (χ4v) is 3.37. The fraction of sp³-hybridized carbons (Fsp3) is 0.167. The number of aliphatic carboxylic acids is 1. The molecule has 0 fully saturated rings. The van der Waals surface area contributed by atoms with Gasteiger partial charge >= 0.3 is 5.97 Å². The largest absolute Gasteiger partial charge is 0.508 e. The van der Waals surface area contributed by atoms with Crippen molar-refractivity contribution >= 4 is 22.9 Å². The van der Waals surface area contributed by atoms with Gasteiger partial charge in [0.25, 0.3) is 5.91 Å². The van der Waals surface area contributed by atoms with E-state index in [1.807, 2.05) is 0 Å². The number of phenolic OH excluding ortho intramolecular Hbond substituents is 1. The molecule has 7 nitrogen and oxygen atoms in total. The Kier molecular flexibility index (Phi) is 3.42. The summed E-state index contributed by atoms with van der Waals surface area (Å²) in [5.41, 5.74) is 3.10. The maximum atomic E-state index is 12.6. The van der Waals surface area contributed by atoms with E-state index < -0.39 is 17.9 Å². The molecule has 1 heterocycles. The monoisotopic (exact) mass is 337 g/mol. The first-order valence-electron chi connectivity index (χ1n) is 7.82. The predicted molar refractivity (Wildman–Crippen MR) is 89.2 cm³/mol. The number of carboxylic acid groups (broad SMARTS) is 1. The van der Waals surface area contributed by atoms with Crippen LogP contribution >= 0.6 is 0 Å². The van der Waals surface area contributed by atoms with Crippen molar-refractivity contribution < 1.29 is 19.8 Å². The molecule has 25 heavy (non-hydrogen) atoms. The number of amides is 1. The van der Waals surface area contributed by atoms with Crippen LogP contribution in [0.15, 0.2) is 42.7 Å². The van der Waals surface area contributed by atoms with Crippen molar-refractivity contribution in [2.75, 3.05) is 0 Å². The van der Waals surface area contributed by atoms with Gasteiger partial charge in [0.2, 0.25) is 0 Å². The minimum Gasteiger partial charge on any atom is -0.508 e. The number of aromatic amines is 1. The maximum Gasteiger partial charge on any atom is 0.309 e. The summed E-state index contributed by atoms with van der Waals surface area (Å²) < 4.78 is 0. The average Bonchev–Trinajstić information content (AvgIpc) is 3.19. The van der Waals surface area contributed by atoms with Crippen LogP contribution in [0.3, 0.4) is 0 Å². The number of phenols is 1. The number of nitrogens with zero attached hydrogens (tertiary/aromatic N) is 1. The molecule has 3 aromatic rings. The highest BCUT2D eigenvalue weighted by molar-refractivity contribution is 5.98. The number of aromatic hydroxyl groups is 1. The molecule has 2 atom stereocenters. The lowest BCUT2D eigenvalue weighted by Gasteiger charge is -2.19. The van der Waals surface area contributed by atoms with Gasteiger partial charge in [-0.05, 0) is 36.2 Å². The number of fused-ring (bicyclic) bond motifs is 2. The molecular weight excluding hydrogens is 322 g/mol. The minimum atomic E-state index is -1.01. The summed E-state index contributed by atoms with van der Waals surface area (Å²) in [6.45, 7) is 0. The smallest absolute Gasteiger partial charge is 0.309 e. The number of carboxylic acids is 1. The number of imidazole rings is 1. The lowest BCUT2D eigenvalue weighted by atomic mass is 10.00. The summed E-state index contributed by atoms with van der Waals surface area (Å²) in [5, 5.41) is 22.3. The molecule has 0 saturated heterocycles. The Labute approximate surface area is 142 Å². The minimum absolute atomic E-state index is 0.0550. The van der Waals surface area contributed by atoms with Gasteiger partial charge in [-0.1, -0.05) is 12.1 Å². The second-order valence-electron chi connectivity index (χ2n) is 6.08. The summed E-state index contributed by atoms with van der Waals surface area (Å²) in [6, 6.07) is 9.26. The van der Waals surface area contributed by atoms with E-state index in [4.69, 9.17) is 0 Å². The van der Waals surface area contributed by atoms with E-state index in [0.717, 1.165) is 11.0 Å². The van der Waals surface area contributed by atoms with Crippen molar-refractivity contribution in [2.45, 2.75) is 12.5 Å². The number of H-pyrrole nitrogens is 1. The summed E-state index contributed by atoms with van der Waals surface area (Å²) in [5.74, 6) is -2.14. The Bertz CT molecular complexity index is 995. The van der Waals surface area contributed by atoms with Crippen LogP contribution in [0.1, 0.15) is 27.5 Å². The Hall–Kier alpha value is -3.35. The standard InChI is InChI=1S/C18H15N3O4/c22-15-3-1-2-10-11(15)7-12(18(24)25)16(10)21-17(23)9-4-5-13-14(6-9)20-8-19-13/h1-6,8,12,16,22H,7H2,(H,19,20)(H,21,23)(H,24,25)/t12-,16+/m0/s1. The Morgan fingerprint density at radius 2 is 2.08 bits per heavy atom. The van der Waals surface area contributed by atoms with E-state index in [2.05, 4.69) is 15.3 Å². The van der Waals surface area contributed by atoms with E-state index in [-0.39, 0.29) is 18.1 Å². The van der Waals surface area contributed by atoms with Gasteiger partial charge in [-0.15, -0.1) is 0 Å². The SMILES string of the molecule is O=C(N[C@@H]1c2cccc(O)c2C[C@@H]1C(=O)O)c1ccc2nc[nH]c2c1. The zero-order valence-corrected chi connectivity index (χ0v) is 13.1. The number of hydrogen-bond donors (Lipinski definition) is 4. The second kappa shape index (κ2) is 5.62. The number of rotatable bonds is 3. The van der Waals surface area contributed by atoms with Gasteiger partial charge in [0.05, 0.1) is 29.3 Å². The van der Waals surface area contributed by atoms with E-state index in [1.165, 1.54) is 6.07 Å². The van der Waals surface area contributed by atoms with Crippen LogP contribution in [-0.2, 0) is 11.2 Å². The topological polar surface area (TPSA) is 115 Å². The molecule has 2 aromatic carbocycles. The summed E-state index contributed by atoms with van der Waals surface area (Å²) in [4.78, 5) is 31.3. The molecule has 7 heteroatoms. The van der Waals surface area contributed by atoms with Crippen molar-refractivity contribution in [3.8, 4) is 5.75 Å². The molecule has 0 unspecified atom stereocenters. The zero-order valence-electron chi connectivity index (χ0n) is 13.1. The van der Waals surface area contributed by atoms with E-state index in [0.29, 0.717) is 16.7 Å². The molecule has 1 amide bonds. The Morgan fingerprint density at radius 3 is 2.88 bits per heavy atom. The lowest BCUT2D eigenvalue weighted by Crippen LogP contribution is -2.34. The van der Waals surface area contributed by atoms with Crippen LogP contribution in [-0.4, -0.2) is 32.1 Å². The van der Waals surface area contributed by atoms with Gasteiger partial charge in [-0.3, -0.25) is 9.59 Å². The molecule has 0 saturated carbocycles. The van der Waals surface area contributed by atoms with Gasteiger partial charge in [0.15, 0.2) is 0 Å². The number of carbonyl (C=O) groups excluding carboxylic acids is 1. The third-order valence-corrected chi connectivity index (χ3v) is 4.64. The van der Waals surface area contributed by atoms with Crippen molar-refractivity contribution in [3.63, 3.8) is 0 Å². The van der Waals surface area contributed by atoms with Gasteiger partial charge < -0.3 is 20.5 Å². The first kappa shape index (κ1) is 15.2. The van der Waals surface area contributed by atoms with E-state index >= 15 is 0 Å². The molecular formula is C18H15N3O4. The van der Waals surface area contributed by atoms with E-state index in [9.17, 15) is 19.8 Å². The highest BCUT2D eigenvalue weighted by atomic mass is 16.4. The normalized spacial score (nSPS) is 18.9. The number of nitrogens with one attached hydrogen (secondary N) is 2. The van der Waals surface area contributed by atoms with Crippen LogP contribution in [0.2, 0.25) is 0 Å². The quantitative estimate of drug-likeness (QED) is 0.583. The van der Waals surface area contributed by atoms with Crippen molar-refractivity contribution in [3.05, 3.63) is 59.4 Å². The van der Waals surface area contributed by atoms with E-state index in [1.54, 1.807) is 36.7 Å². The summed E-state index contributed by atoms with van der Waals surface area (Å²) >= 11 is 0. The number of carbonyl (C=O) groups is 2. The van der Waals surface area contributed by atoms with Crippen LogP contribution < -0.4 is 5.32 Å². The third kappa shape index (κ3) is 2.50. The molecule has 1 aliphatic rings. The van der Waals surface area contributed by atoms with Crippen LogP contribution in [0.25, 0.3) is 11.0 Å². The van der Waals surface area contributed by atoms with Gasteiger partial charge in [-0.25, -0.2) is 4.98 Å². The Balaban J connectivity index is 1.67. The van der Waals surface area contributed by atoms with Gasteiger partial charge in [0.1, 0.15) is 5.75 Å². The van der Waals surface area contributed by atoms with Crippen molar-refractivity contribution in [2.24, 2.45) is 5.92 Å². The van der Waals surface area contributed by atoms with Crippen molar-refractivity contribution in [1.82, 2.24) is 15.3 Å². The van der Waals surface area contributed by atoms with Gasteiger partial charge in [0, 0.05) is 11.1 Å². The molecule has 1 aliphatic carbocycles. The van der Waals surface area contributed by atoms with Crippen molar-refractivity contribution in [1.29, 1.82) is 0 Å². The Morgan fingerprint density at radius 1 is 1.24 bits per heavy atom. The second-order valence-corrected chi connectivity index (χ2v) is 6.08. The fourth-order valence-electron chi connectivity index (χ4n) is 3.37. The lowest BCUT2D eigenvalue weighted by molar-refractivity contribution is -0.142. The first-order chi connectivity index (χ1) is 12.0. The maximum absolute atomic E-state index is 12.6. The highest BCUT2D eigenvalue weighted by Crippen LogP contribution is 2.40. The van der Waals surface area contributed by atoms with Gasteiger partial charge in [-0.2, -0.15) is 0 Å². The number of hydrogen-bond acceptors (Lipinski definition) is 4. The van der Waals surface area contributed by atoms with Crippen LogP contribution in [0, 0.1) is 5.92 Å². The molecule has 1 aromatic heterocycles. The third-order valence-electron chi connectivity index (χ3n) is 4.64.